The molecule has 0 saturated carbocycles. The highest BCUT2D eigenvalue weighted by atomic mass is 16.7. The summed E-state index contributed by atoms with van der Waals surface area (Å²) in [6.45, 7) is 14.1. The largest absolute Gasteiger partial charge is 0.486 e. The minimum Gasteiger partial charge on any atom is -0.486 e. The maximum Gasteiger partial charge on any atom is 0.430 e. The highest BCUT2D eigenvalue weighted by Crippen LogP contribution is 2.20. The number of nitrogens with zero attached hydrogens (tertiary/aromatic N) is 2. The first-order chi connectivity index (χ1) is 19.2. The number of nitrogens with two attached hydrogens (primary N) is 1. The fourth-order valence-corrected chi connectivity index (χ4v) is 3.09. The predicted molar refractivity (Wildman–Crippen MR) is 157 cm³/mol. The second-order valence-electron chi connectivity index (χ2n) is 8.73. The number of hydrogen-bond donors (Lipinski definition) is 1. The van der Waals surface area contributed by atoms with E-state index in [0.717, 1.165) is 29.5 Å². The van der Waals surface area contributed by atoms with Crippen LogP contribution in [0.1, 0.15) is 53.8 Å². The van der Waals surface area contributed by atoms with Crippen molar-refractivity contribution in [3.8, 4) is 5.75 Å². The lowest BCUT2D eigenvalue weighted by molar-refractivity contribution is 0.102. The first-order valence-electron chi connectivity index (χ1n) is 12.7. The van der Waals surface area contributed by atoms with Crippen LogP contribution in [-0.2, 0) is 34.1 Å². The van der Waals surface area contributed by atoms with E-state index in [1.54, 1.807) is 33.3 Å². The van der Waals surface area contributed by atoms with E-state index in [0.29, 0.717) is 36.3 Å². The van der Waals surface area contributed by atoms with Crippen LogP contribution >= 0.6 is 0 Å². The summed E-state index contributed by atoms with van der Waals surface area (Å²) in [6, 6.07) is 15.4. The quantitative estimate of drug-likeness (QED) is 0.114. The van der Waals surface area contributed by atoms with E-state index in [9.17, 15) is 4.79 Å². The van der Waals surface area contributed by atoms with Gasteiger partial charge in [-0.1, -0.05) is 47.1 Å². The van der Waals surface area contributed by atoms with E-state index in [1.807, 2.05) is 56.3 Å². The molecule has 0 unspecified atom stereocenters. The molecule has 0 bridgehead atoms. The van der Waals surface area contributed by atoms with Crippen LogP contribution in [0.15, 0.2) is 82.9 Å². The number of ether oxygens (including phenoxy) is 3. The summed E-state index contributed by atoms with van der Waals surface area (Å²) in [7, 11) is 3.25. The Kier molecular flexibility index (Phi) is 16.7. The number of aromatic nitrogens is 1. The Hall–Kier alpha value is -4.21. The van der Waals surface area contributed by atoms with Crippen LogP contribution in [-0.4, -0.2) is 31.5 Å². The number of rotatable bonds is 12. The average Bonchev–Trinajstić information content (AvgIpc) is 3.27. The first-order valence-corrected chi connectivity index (χ1v) is 12.7. The van der Waals surface area contributed by atoms with E-state index in [-0.39, 0.29) is 6.61 Å². The zero-order valence-electron chi connectivity index (χ0n) is 24.1. The van der Waals surface area contributed by atoms with E-state index in [2.05, 4.69) is 32.9 Å². The summed E-state index contributed by atoms with van der Waals surface area (Å²) in [6.07, 6.45) is 4.51. The molecule has 1 heterocycles. The molecule has 216 valence electrons. The Bertz CT molecular complexity index is 1210. The van der Waals surface area contributed by atoms with Gasteiger partial charge in [0.25, 0.3) is 0 Å². The van der Waals surface area contributed by atoms with Crippen molar-refractivity contribution >= 4 is 12.3 Å². The maximum absolute atomic E-state index is 10.6. The summed E-state index contributed by atoms with van der Waals surface area (Å²) in [5.74, 6) is 1.84. The van der Waals surface area contributed by atoms with Gasteiger partial charge < -0.3 is 24.4 Å². The number of primary amides is 1. The van der Waals surface area contributed by atoms with Gasteiger partial charge in [0.05, 0.1) is 19.4 Å². The zero-order chi connectivity index (χ0) is 29.8. The molecule has 9 nitrogen and oxygen atoms in total. The Labute approximate surface area is 237 Å². The lowest BCUT2D eigenvalue weighted by atomic mass is 10.1. The van der Waals surface area contributed by atoms with Gasteiger partial charge in [-0.25, -0.2) is 9.78 Å². The molecule has 1 aromatic heterocycles. The van der Waals surface area contributed by atoms with Crippen molar-refractivity contribution in [1.29, 1.82) is 0 Å². The SMILES string of the molecule is C=CCCC(=C)C.COC.Cc1nc(COCc2ccccc2)c(COc2ccc(/C=N/OC(N)=O)c(C)c2)o1. The number of allylic oxidation sites excluding steroid dienone is 2. The van der Waals surface area contributed by atoms with Crippen molar-refractivity contribution in [1.82, 2.24) is 4.98 Å². The Balaban J connectivity index is 0.000000687. The van der Waals surface area contributed by atoms with Crippen LogP contribution in [0.4, 0.5) is 4.79 Å². The molecule has 3 aromatic rings. The van der Waals surface area contributed by atoms with Crippen LogP contribution in [0.25, 0.3) is 0 Å². The van der Waals surface area contributed by atoms with Gasteiger partial charge in [-0.2, -0.15) is 0 Å². The van der Waals surface area contributed by atoms with E-state index < -0.39 is 6.09 Å². The molecular formula is C31H41N3O6. The van der Waals surface area contributed by atoms with Crippen molar-refractivity contribution in [3.05, 3.63) is 107 Å². The number of hydrogen-bond acceptors (Lipinski definition) is 8. The van der Waals surface area contributed by atoms with Gasteiger partial charge in [0, 0.05) is 21.1 Å². The third kappa shape index (κ3) is 14.7. The average molecular weight is 552 g/mol. The van der Waals surface area contributed by atoms with Gasteiger partial charge in [-0.3, -0.25) is 4.84 Å². The zero-order valence-corrected chi connectivity index (χ0v) is 24.1. The minimum absolute atomic E-state index is 0.225. The predicted octanol–water partition coefficient (Wildman–Crippen LogP) is 6.81. The number of benzene rings is 2. The van der Waals surface area contributed by atoms with Crippen LogP contribution < -0.4 is 10.5 Å². The number of oxime groups is 1. The number of aryl methyl sites for hydroxylation is 2. The van der Waals surface area contributed by atoms with Crippen molar-refractivity contribution in [2.24, 2.45) is 10.9 Å². The van der Waals surface area contributed by atoms with Gasteiger partial charge in [0.2, 0.25) is 0 Å². The second-order valence-corrected chi connectivity index (χ2v) is 8.73. The van der Waals surface area contributed by atoms with Crippen LogP contribution in [0.2, 0.25) is 0 Å². The van der Waals surface area contributed by atoms with Crippen LogP contribution in [0.5, 0.6) is 5.75 Å². The number of carbonyl (C=O) groups is 1. The molecule has 0 radical (unpaired) electrons. The molecule has 0 fully saturated rings. The molecular weight excluding hydrogens is 510 g/mol. The van der Waals surface area contributed by atoms with Gasteiger partial charge in [-0.15, -0.1) is 13.2 Å². The van der Waals surface area contributed by atoms with Crippen molar-refractivity contribution in [3.63, 3.8) is 0 Å². The first kappa shape index (κ1) is 33.8. The standard InChI is InChI=1S/C22H23N3O5.C7H12.C2H6O/c1-15-10-19(9-8-18(15)11-24-30-22(23)26)28-14-21-20(25-16(2)29-21)13-27-12-17-6-4-3-5-7-17;1-4-5-6-7(2)3;1-3-2/h3-11H,12-14H2,1-2H3,(H2,23,26);4H,1-2,5-6H2,3H3;1-2H3/b24-11+;;. The monoisotopic (exact) mass is 551 g/mol. The smallest absolute Gasteiger partial charge is 0.430 e. The number of carbonyl (C=O) groups excluding carboxylic acids is 1. The Morgan fingerprint density at radius 1 is 1.10 bits per heavy atom. The van der Waals surface area contributed by atoms with Gasteiger partial charge >= 0.3 is 6.09 Å². The topological polar surface area (TPSA) is 118 Å². The maximum atomic E-state index is 10.6. The normalized spacial score (nSPS) is 10.1. The fourth-order valence-electron chi connectivity index (χ4n) is 3.09. The summed E-state index contributed by atoms with van der Waals surface area (Å²) in [5, 5.41) is 3.51. The lowest BCUT2D eigenvalue weighted by Gasteiger charge is -2.08. The molecule has 2 N–H and O–H groups in total. The summed E-state index contributed by atoms with van der Waals surface area (Å²) < 4.78 is 21.5. The number of amides is 1. The van der Waals surface area contributed by atoms with Crippen molar-refractivity contribution < 1.29 is 28.3 Å². The van der Waals surface area contributed by atoms with E-state index >= 15 is 0 Å². The molecule has 0 spiro atoms. The molecule has 3 rings (SSSR count). The molecule has 0 aliphatic rings. The third-order valence-electron chi connectivity index (χ3n) is 4.96. The van der Waals surface area contributed by atoms with E-state index in [4.69, 9.17) is 19.6 Å². The van der Waals surface area contributed by atoms with Gasteiger partial charge in [0.1, 0.15) is 18.1 Å². The molecule has 2 aromatic carbocycles. The van der Waals surface area contributed by atoms with E-state index in [1.165, 1.54) is 11.8 Å². The summed E-state index contributed by atoms with van der Waals surface area (Å²) >= 11 is 0. The van der Waals surface area contributed by atoms with Crippen LogP contribution in [0, 0.1) is 13.8 Å². The molecule has 0 atom stereocenters. The summed E-state index contributed by atoms with van der Waals surface area (Å²) in [5.41, 5.74) is 9.58. The minimum atomic E-state index is -0.963. The summed E-state index contributed by atoms with van der Waals surface area (Å²) in [4.78, 5) is 19.3. The molecule has 0 saturated heterocycles. The number of oxazole rings is 1. The molecule has 9 heteroatoms. The lowest BCUT2D eigenvalue weighted by Crippen LogP contribution is -2.09. The fraction of sp³-hybridized carbons (Fsp3) is 0.323. The Morgan fingerprint density at radius 3 is 2.38 bits per heavy atom. The molecule has 40 heavy (non-hydrogen) atoms. The molecule has 0 aliphatic heterocycles. The van der Waals surface area contributed by atoms with Gasteiger partial charge in [-0.05, 0) is 61.6 Å². The number of methoxy groups -OCH3 is 1. The van der Waals surface area contributed by atoms with Gasteiger partial charge in [0.15, 0.2) is 11.7 Å². The highest BCUT2D eigenvalue weighted by molar-refractivity contribution is 5.82. The highest BCUT2D eigenvalue weighted by Gasteiger charge is 2.13. The molecule has 1 amide bonds. The van der Waals surface area contributed by atoms with Crippen molar-refractivity contribution in [2.45, 2.75) is 53.4 Å². The van der Waals surface area contributed by atoms with Crippen LogP contribution in [0.3, 0.4) is 0 Å². The Morgan fingerprint density at radius 2 is 1.80 bits per heavy atom. The molecule has 0 aliphatic carbocycles. The second kappa shape index (κ2) is 19.8. The van der Waals surface area contributed by atoms with Crippen molar-refractivity contribution in [2.75, 3.05) is 14.2 Å². The third-order valence-corrected chi connectivity index (χ3v) is 4.96.